The maximum absolute atomic E-state index is 14.0. The van der Waals surface area contributed by atoms with Gasteiger partial charge in [-0.25, -0.2) is 17.8 Å². The number of amides is 1. The van der Waals surface area contributed by atoms with Crippen LogP contribution in [0.4, 0.5) is 17.6 Å². The number of sulfone groups is 1. The monoisotopic (exact) mass is 668 g/mol. The van der Waals surface area contributed by atoms with E-state index in [0.717, 1.165) is 35.9 Å². The van der Waals surface area contributed by atoms with E-state index < -0.39 is 45.8 Å². The van der Waals surface area contributed by atoms with Crippen molar-refractivity contribution >= 4 is 15.7 Å². The van der Waals surface area contributed by atoms with Crippen molar-refractivity contribution in [3.8, 4) is 23.0 Å². The molecule has 1 aliphatic rings. The van der Waals surface area contributed by atoms with Gasteiger partial charge >= 0.3 is 6.18 Å². The van der Waals surface area contributed by atoms with Crippen LogP contribution in [0.5, 0.6) is 0 Å². The largest absolute Gasteiger partial charge is 0.419 e. The van der Waals surface area contributed by atoms with E-state index >= 15 is 0 Å². The second-order valence-electron chi connectivity index (χ2n) is 11.3. The number of nitrogens with zero attached hydrogens (tertiary/aromatic N) is 4. The van der Waals surface area contributed by atoms with Crippen LogP contribution in [-0.4, -0.2) is 46.8 Å². The van der Waals surface area contributed by atoms with Crippen LogP contribution < -0.4 is 0 Å². The van der Waals surface area contributed by atoms with Crippen LogP contribution in [0.25, 0.3) is 16.9 Å². The smallest absolute Gasteiger partial charge is 0.331 e. The van der Waals surface area contributed by atoms with E-state index in [2.05, 4.69) is 6.07 Å². The average molecular weight is 669 g/mol. The van der Waals surface area contributed by atoms with Gasteiger partial charge in [0.1, 0.15) is 11.6 Å². The topological polar surface area (TPSA) is 96.1 Å². The minimum atomic E-state index is -4.95. The Morgan fingerprint density at radius 1 is 1.09 bits per heavy atom. The number of benzene rings is 3. The molecule has 0 unspecified atom stereocenters. The van der Waals surface area contributed by atoms with Crippen molar-refractivity contribution in [2.75, 3.05) is 18.1 Å². The van der Waals surface area contributed by atoms with Crippen LogP contribution in [0.2, 0.25) is 0 Å². The van der Waals surface area contributed by atoms with Gasteiger partial charge in [-0.3, -0.25) is 9.36 Å². The van der Waals surface area contributed by atoms with Gasteiger partial charge in [-0.1, -0.05) is 50.7 Å². The normalized spacial score (nSPS) is 13.8. The zero-order valence-electron chi connectivity index (χ0n) is 25.3. The van der Waals surface area contributed by atoms with Crippen molar-refractivity contribution in [3.05, 3.63) is 107 Å². The van der Waals surface area contributed by atoms with E-state index in [4.69, 9.17) is 4.98 Å². The van der Waals surface area contributed by atoms with Gasteiger partial charge in [0.15, 0.2) is 9.84 Å². The Hall–Kier alpha value is -4.50. The molecule has 47 heavy (non-hydrogen) atoms. The van der Waals surface area contributed by atoms with Crippen molar-refractivity contribution in [2.45, 2.75) is 58.7 Å². The zero-order chi connectivity index (χ0) is 33.2. The van der Waals surface area contributed by atoms with Gasteiger partial charge in [-0.2, -0.15) is 18.4 Å². The molecule has 1 heterocycles. The summed E-state index contributed by atoms with van der Waals surface area (Å²) >= 11 is 0. The molecule has 0 saturated heterocycles. The summed E-state index contributed by atoms with van der Waals surface area (Å²) in [6.07, 6.45) is -3.63. The molecule has 1 aromatic heterocycles. The molecule has 0 bridgehead atoms. The zero-order valence-corrected chi connectivity index (χ0v) is 26.1. The Kier molecular flexibility index (Phi) is 10.6. The average Bonchev–Trinajstić information content (AvgIpc) is 3.81. The number of halogens is 4. The molecule has 1 fully saturated rings. The molecule has 1 atom stereocenters. The Morgan fingerprint density at radius 3 is 2.32 bits per heavy atom. The molecule has 248 valence electrons. The number of hydrogen-bond donors (Lipinski definition) is 0. The number of rotatable bonds is 11. The van der Waals surface area contributed by atoms with Crippen LogP contribution in [-0.2, 0) is 27.2 Å². The second-order valence-corrected chi connectivity index (χ2v) is 13.8. The summed E-state index contributed by atoms with van der Waals surface area (Å²) < 4.78 is 81.4. The number of aromatic nitrogens is 2. The standard InChI is InChI=1S/C34H32F4N4O3S.CH4/c1-3-46(44,45)18-17-41(30(43)20-24-11-16-29(35)28(19-24)34(36,37)38)22(2)33-40-31(25-12-13-25)32(26-7-5-4-6-8-26)42(33)27-14-9-23(21-39)10-15-27;/h4-11,14-16,19,22,25H,3,12-13,17-18,20H2,1-2H3;1H4/t22-;/m1./s1. The molecule has 0 aliphatic heterocycles. The maximum atomic E-state index is 14.0. The summed E-state index contributed by atoms with van der Waals surface area (Å²) in [5, 5.41) is 9.39. The quantitative estimate of drug-likeness (QED) is 0.153. The fourth-order valence-electron chi connectivity index (χ4n) is 5.43. The highest BCUT2D eigenvalue weighted by molar-refractivity contribution is 7.91. The molecule has 5 rings (SSSR count). The van der Waals surface area contributed by atoms with Crippen LogP contribution >= 0.6 is 0 Å². The molecular formula is C35H36F4N4O3S. The summed E-state index contributed by atoms with van der Waals surface area (Å²) in [7, 11) is -3.54. The molecule has 0 spiro atoms. The van der Waals surface area contributed by atoms with Crippen molar-refractivity contribution in [1.29, 1.82) is 5.26 Å². The predicted octanol–water partition coefficient (Wildman–Crippen LogP) is 7.65. The van der Waals surface area contributed by atoms with Gasteiger partial charge in [0.25, 0.3) is 0 Å². The number of nitriles is 1. The molecule has 1 saturated carbocycles. The summed E-state index contributed by atoms with van der Waals surface area (Å²) in [6.45, 7) is 2.97. The molecule has 7 nitrogen and oxygen atoms in total. The van der Waals surface area contributed by atoms with Crippen molar-refractivity contribution in [2.24, 2.45) is 0 Å². The molecule has 1 aliphatic carbocycles. The first kappa shape index (κ1) is 35.4. The van der Waals surface area contributed by atoms with E-state index in [-0.39, 0.29) is 37.0 Å². The summed E-state index contributed by atoms with van der Waals surface area (Å²) in [6, 6.07) is 20.1. The summed E-state index contributed by atoms with van der Waals surface area (Å²) in [5.74, 6) is -2.00. The Morgan fingerprint density at radius 2 is 1.74 bits per heavy atom. The Balaban J connectivity index is 0.00000500. The highest BCUT2D eigenvalue weighted by atomic mass is 32.2. The third kappa shape index (κ3) is 7.91. The Bertz CT molecular complexity index is 1880. The highest BCUT2D eigenvalue weighted by Crippen LogP contribution is 2.46. The lowest BCUT2D eigenvalue weighted by Crippen LogP contribution is -2.39. The lowest BCUT2D eigenvalue weighted by Gasteiger charge is -2.30. The van der Waals surface area contributed by atoms with Gasteiger partial charge in [-0.05, 0) is 61.7 Å². The number of hydrogen-bond acceptors (Lipinski definition) is 5. The van der Waals surface area contributed by atoms with E-state index in [1.807, 2.05) is 34.9 Å². The van der Waals surface area contributed by atoms with Crippen molar-refractivity contribution in [3.63, 3.8) is 0 Å². The van der Waals surface area contributed by atoms with Gasteiger partial charge < -0.3 is 4.90 Å². The van der Waals surface area contributed by atoms with Crippen LogP contribution in [0.3, 0.4) is 0 Å². The van der Waals surface area contributed by atoms with E-state index in [0.29, 0.717) is 29.2 Å². The van der Waals surface area contributed by atoms with Gasteiger partial charge in [0, 0.05) is 29.5 Å². The van der Waals surface area contributed by atoms with E-state index in [9.17, 15) is 36.0 Å². The van der Waals surface area contributed by atoms with Crippen LogP contribution in [0.15, 0.2) is 72.8 Å². The third-order valence-corrected chi connectivity index (χ3v) is 9.82. The van der Waals surface area contributed by atoms with Gasteiger partial charge in [0.2, 0.25) is 5.91 Å². The molecule has 0 N–H and O–H groups in total. The predicted molar refractivity (Wildman–Crippen MR) is 172 cm³/mol. The molecule has 1 amide bonds. The SMILES string of the molecule is C.CCS(=O)(=O)CCN(C(=O)Cc1ccc(F)c(C(F)(F)F)c1)[C@H](C)c1nc(C2CC2)c(-c2ccccc2)n1-c1ccc(C#N)cc1. The molecular weight excluding hydrogens is 632 g/mol. The van der Waals surface area contributed by atoms with Gasteiger partial charge in [0.05, 0.1) is 46.8 Å². The van der Waals surface area contributed by atoms with Gasteiger partial charge in [-0.15, -0.1) is 0 Å². The highest BCUT2D eigenvalue weighted by Gasteiger charge is 2.37. The fraction of sp³-hybridized carbons (Fsp3) is 0.343. The number of imidazole rings is 1. The van der Waals surface area contributed by atoms with E-state index in [1.165, 1.54) is 11.8 Å². The first-order valence-electron chi connectivity index (χ1n) is 14.9. The number of carbonyl (C=O) groups excluding carboxylic acids is 1. The summed E-state index contributed by atoms with van der Waals surface area (Å²) in [5.41, 5.74) is 2.06. The van der Waals surface area contributed by atoms with Crippen LogP contribution in [0, 0.1) is 17.1 Å². The molecule has 0 radical (unpaired) electrons. The van der Waals surface area contributed by atoms with E-state index in [1.54, 1.807) is 31.2 Å². The van der Waals surface area contributed by atoms with Crippen LogP contribution in [0.1, 0.15) is 74.3 Å². The minimum absolute atomic E-state index is 0. The second kappa shape index (κ2) is 14.1. The number of carbonyl (C=O) groups is 1. The molecule has 12 heteroatoms. The number of alkyl halides is 3. The lowest BCUT2D eigenvalue weighted by molar-refractivity contribution is -0.140. The summed E-state index contributed by atoms with van der Waals surface area (Å²) in [4.78, 5) is 20.3. The first-order valence-corrected chi connectivity index (χ1v) is 16.7. The first-order chi connectivity index (χ1) is 21.8. The van der Waals surface area contributed by atoms with Crippen molar-refractivity contribution < 1.29 is 30.8 Å². The maximum Gasteiger partial charge on any atom is 0.419 e. The molecule has 4 aromatic rings. The lowest BCUT2D eigenvalue weighted by atomic mass is 10.1. The molecule has 3 aromatic carbocycles. The minimum Gasteiger partial charge on any atom is -0.331 e. The fourth-order valence-corrected chi connectivity index (χ4v) is 6.19. The Labute approximate surface area is 272 Å². The van der Waals surface area contributed by atoms with Crippen molar-refractivity contribution in [1.82, 2.24) is 14.5 Å². The third-order valence-electron chi connectivity index (χ3n) is 8.13.